The normalized spacial score (nSPS) is 17.7. The molecule has 0 N–H and O–H groups in total. The lowest BCUT2D eigenvalue weighted by Gasteiger charge is -2.27. The molecule has 0 bridgehead atoms. The first kappa shape index (κ1) is 17.6. The van der Waals surface area contributed by atoms with E-state index in [2.05, 4.69) is 4.98 Å². The summed E-state index contributed by atoms with van der Waals surface area (Å²) in [7, 11) is 1.29. The first-order valence-corrected chi connectivity index (χ1v) is 8.14. The van der Waals surface area contributed by atoms with E-state index in [1.807, 2.05) is 6.07 Å². The highest BCUT2D eigenvalue weighted by Gasteiger charge is 2.39. The maximum absolute atomic E-state index is 13.3. The van der Waals surface area contributed by atoms with Crippen LogP contribution in [-0.2, 0) is 14.3 Å². The molecule has 9 heteroatoms. The van der Waals surface area contributed by atoms with E-state index in [1.54, 1.807) is 24.3 Å². The summed E-state index contributed by atoms with van der Waals surface area (Å²) in [6.07, 6.45) is 3.71. The molecule has 0 saturated carbocycles. The van der Waals surface area contributed by atoms with Gasteiger partial charge in [0.1, 0.15) is 18.3 Å². The molecule has 0 radical (unpaired) electrons. The van der Waals surface area contributed by atoms with Gasteiger partial charge in [-0.1, -0.05) is 30.3 Å². The summed E-state index contributed by atoms with van der Waals surface area (Å²) >= 11 is 0. The highest BCUT2D eigenvalue weighted by atomic mass is 16.6. The van der Waals surface area contributed by atoms with E-state index in [-0.39, 0.29) is 11.7 Å². The highest BCUT2D eigenvalue weighted by Crippen LogP contribution is 2.27. The number of nitro groups is 1. The number of hydrogen-bond donors (Lipinski definition) is 0. The lowest BCUT2D eigenvalue weighted by molar-refractivity contribution is -0.389. The number of likely N-dealkylation sites (tertiary alicyclic amines) is 1. The zero-order chi connectivity index (χ0) is 18.7. The highest BCUT2D eigenvalue weighted by molar-refractivity contribution is 5.89. The molecule has 1 fully saturated rings. The minimum absolute atomic E-state index is 0.323. The molecule has 1 amide bonds. The molecule has 1 aromatic carbocycles. The third-order valence-electron chi connectivity index (χ3n) is 4.43. The van der Waals surface area contributed by atoms with E-state index >= 15 is 0 Å². The van der Waals surface area contributed by atoms with Gasteiger partial charge in [0.2, 0.25) is 6.33 Å². The molecule has 9 nitrogen and oxygen atoms in total. The summed E-state index contributed by atoms with van der Waals surface area (Å²) in [5, 5.41) is 11.0. The predicted molar refractivity (Wildman–Crippen MR) is 90.2 cm³/mol. The third kappa shape index (κ3) is 3.28. The van der Waals surface area contributed by atoms with Crippen molar-refractivity contribution in [3.8, 4) is 0 Å². The largest absolute Gasteiger partial charge is 0.467 e. The Balaban J connectivity index is 1.99. The van der Waals surface area contributed by atoms with Crippen molar-refractivity contribution in [3.63, 3.8) is 0 Å². The molecule has 0 spiro atoms. The molecule has 2 aromatic rings. The molecular formula is C17H18N4O5. The van der Waals surface area contributed by atoms with E-state index in [0.29, 0.717) is 24.9 Å². The lowest BCUT2D eigenvalue weighted by atomic mass is 10.0. The molecule has 0 aliphatic carbocycles. The van der Waals surface area contributed by atoms with Crippen LogP contribution in [0.1, 0.15) is 24.4 Å². The molecule has 1 aromatic heterocycles. The second kappa shape index (κ2) is 7.34. The molecule has 136 valence electrons. The number of imidazole rings is 1. The van der Waals surface area contributed by atoms with Crippen LogP contribution in [0.5, 0.6) is 0 Å². The Morgan fingerprint density at radius 3 is 2.69 bits per heavy atom. The maximum Gasteiger partial charge on any atom is 0.381 e. The zero-order valence-electron chi connectivity index (χ0n) is 14.1. The van der Waals surface area contributed by atoms with E-state index in [0.717, 1.165) is 0 Å². The van der Waals surface area contributed by atoms with E-state index in [9.17, 15) is 19.7 Å². The van der Waals surface area contributed by atoms with Crippen molar-refractivity contribution >= 4 is 17.7 Å². The molecule has 2 atom stereocenters. The number of benzene rings is 1. The van der Waals surface area contributed by atoms with Gasteiger partial charge in [-0.3, -0.25) is 9.36 Å². The first-order chi connectivity index (χ1) is 12.5. The monoisotopic (exact) mass is 358 g/mol. The van der Waals surface area contributed by atoms with Crippen molar-refractivity contribution < 1.29 is 19.2 Å². The number of methoxy groups -OCH3 is 1. The topological polar surface area (TPSA) is 108 Å². The Bertz CT molecular complexity index is 820. The van der Waals surface area contributed by atoms with Crippen molar-refractivity contribution in [1.29, 1.82) is 0 Å². The fraction of sp³-hybridized carbons (Fsp3) is 0.353. The third-order valence-corrected chi connectivity index (χ3v) is 4.43. The fourth-order valence-electron chi connectivity index (χ4n) is 3.21. The van der Waals surface area contributed by atoms with Gasteiger partial charge in [-0.2, -0.15) is 0 Å². The molecule has 1 aliphatic heterocycles. The number of esters is 1. The summed E-state index contributed by atoms with van der Waals surface area (Å²) in [5.74, 6) is -1.12. The number of rotatable bonds is 5. The molecule has 0 unspecified atom stereocenters. The van der Waals surface area contributed by atoms with Crippen molar-refractivity contribution in [1.82, 2.24) is 14.5 Å². The van der Waals surface area contributed by atoms with Crippen LogP contribution in [0.25, 0.3) is 0 Å². The Morgan fingerprint density at radius 2 is 2.08 bits per heavy atom. The predicted octanol–water partition coefficient (Wildman–Crippen LogP) is 1.54. The van der Waals surface area contributed by atoms with Crippen LogP contribution in [0, 0.1) is 10.1 Å². The van der Waals surface area contributed by atoms with Crippen LogP contribution in [0.15, 0.2) is 42.9 Å². The van der Waals surface area contributed by atoms with Gasteiger partial charge in [-0.15, -0.1) is 0 Å². The minimum atomic E-state index is -0.845. The molecule has 1 saturated heterocycles. The Labute approximate surface area is 149 Å². The van der Waals surface area contributed by atoms with Crippen LogP contribution in [0.2, 0.25) is 0 Å². The molecule has 3 rings (SSSR count). The fourth-order valence-corrected chi connectivity index (χ4v) is 3.21. The summed E-state index contributed by atoms with van der Waals surface area (Å²) < 4.78 is 6.21. The summed E-state index contributed by atoms with van der Waals surface area (Å²) in [4.78, 5) is 40.8. The summed E-state index contributed by atoms with van der Waals surface area (Å²) in [5.41, 5.74) is 0.653. The van der Waals surface area contributed by atoms with Crippen molar-refractivity contribution in [2.45, 2.75) is 24.9 Å². The first-order valence-electron chi connectivity index (χ1n) is 8.14. The zero-order valence-corrected chi connectivity index (χ0v) is 14.1. The van der Waals surface area contributed by atoms with Gasteiger partial charge in [0.05, 0.1) is 7.11 Å². The van der Waals surface area contributed by atoms with Gasteiger partial charge in [-0.05, 0) is 28.3 Å². The number of carbonyl (C=O) groups is 2. The number of ether oxygens (including phenoxy) is 1. The van der Waals surface area contributed by atoms with E-state index in [1.165, 1.54) is 29.1 Å². The van der Waals surface area contributed by atoms with Crippen LogP contribution in [0.3, 0.4) is 0 Å². The number of hydrogen-bond acceptors (Lipinski definition) is 6. The van der Waals surface area contributed by atoms with Gasteiger partial charge >= 0.3 is 11.8 Å². The number of aromatic nitrogens is 2. The Hall–Kier alpha value is -3.23. The van der Waals surface area contributed by atoms with Crippen LogP contribution in [0.4, 0.5) is 5.82 Å². The van der Waals surface area contributed by atoms with Crippen molar-refractivity contribution in [3.05, 3.63) is 58.5 Å². The Kier molecular flexibility index (Phi) is 4.97. The Morgan fingerprint density at radius 1 is 1.35 bits per heavy atom. The number of amides is 1. The lowest BCUT2D eigenvalue weighted by Crippen LogP contribution is -2.44. The second-order valence-corrected chi connectivity index (χ2v) is 5.96. The van der Waals surface area contributed by atoms with Crippen LogP contribution >= 0.6 is 0 Å². The maximum atomic E-state index is 13.3. The van der Waals surface area contributed by atoms with Crippen LogP contribution in [-0.4, -0.2) is 50.9 Å². The van der Waals surface area contributed by atoms with Crippen LogP contribution < -0.4 is 0 Å². The van der Waals surface area contributed by atoms with Gasteiger partial charge in [-0.25, -0.2) is 4.79 Å². The molecule has 1 aliphatic rings. The van der Waals surface area contributed by atoms with Gasteiger partial charge < -0.3 is 19.8 Å². The quantitative estimate of drug-likeness (QED) is 0.456. The second-order valence-electron chi connectivity index (χ2n) is 5.96. The minimum Gasteiger partial charge on any atom is -0.467 e. The average Bonchev–Trinajstić information content (AvgIpc) is 3.32. The van der Waals surface area contributed by atoms with E-state index in [4.69, 9.17) is 4.74 Å². The summed E-state index contributed by atoms with van der Waals surface area (Å²) in [6.45, 7) is 0.429. The molecular weight excluding hydrogens is 340 g/mol. The van der Waals surface area contributed by atoms with E-state index < -0.39 is 23.0 Å². The molecule has 26 heavy (non-hydrogen) atoms. The molecule has 2 heterocycles. The van der Waals surface area contributed by atoms with Crippen molar-refractivity contribution in [2.24, 2.45) is 0 Å². The average molecular weight is 358 g/mol. The van der Waals surface area contributed by atoms with Gasteiger partial charge in [0, 0.05) is 6.54 Å². The SMILES string of the molecule is COC(=O)[C@@H]1CCCN1C(=O)[C@H](c1ccccc1)n1cnc([N+](=O)[O-])c1. The van der Waals surface area contributed by atoms with Gasteiger partial charge in [0.15, 0.2) is 0 Å². The number of nitrogens with zero attached hydrogens (tertiary/aromatic N) is 4. The van der Waals surface area contributed by atoms with Crippen molar-refractivity contribution in [2.75, 3.05) is 13.7 Å². The summed E-state index contributed by atoms with van der Waals surface area (Å²) in [6, 6.07) is 7.41. The van der Waals surface area contributed by atoms with Gasteiger partial charge in [0.25, 0.3) is 5.91 Å². The standard InChI is InChI=1S/C17H18N4O5/c1-26-17(23)13-8-5-9-20(13)16(22)15(12-6-3-2-4-7-12)19-10-14(18-11-19)21(24)25/h2-4,6-7,10-11,13,15H,5,8-9H2,1H3/t13-,15-/m0/s1. The number of carbonyl (C=O) groups excluding carboxylic acids is 2. The smallest absolute Gasteiger partial charge is 0.381 e.